The van der Waals surface area contributed by atoms with E-state index in [0.29, 0.717) is 11.6 Å². The first-order valence-corrected chi connectivity index (χ1v) is 8.68. The molecule has 0 unspecified atom stereocenters. The maximum Gasteiger partial charge on any atom is 0.233 e. The number of hydrogen-bond acceptors (Lipinski definition) is 2. The topological polar surface area (TPSA) is 29.1 Å². The van der Waals surface area contributed by atoms with Gasteiger partial charge in [-0.15, -0.1) is 11.8 Å². The summed E-state index contributed by atoms with van der Waals surface area (Å²) in [6, 6.07) is 17.8. The Morgan fingerprint density at radius 1 is 1.14 bits per heavy atom. The maximum absolute atomic E-state index is 12.3. The van der Waals surface area contributed by atoms with Crippen molar-refractivity contribution in [1.29, 1.82) is 0 Å². The van der Waals surface area contributed by atoms with Crippen molar-refractivity contribution in [2.75, 3.05) is 6.54 Å². The van der Waals surface area contributed by atoms with Crippen molar-refractivity contribution in [1.82, 2.24) is 5.32 Å². The number of nitrogens with one attached hydrogen (secondary N) is 1. The van der Waals surface area contributed by atoms with Gasteiger partial charge in [0.05, 0.1) is 5.25 Å². The van der Waals surface area contributed by atoms with E-state index in [0.717, 1.165) is 17.7 Å². The van der Waals surface area contributed by atoms with Crippen molar-refractivity contribution in [3.63, 3.8) is 0 Å². The van der Waals surface area contributed by atoms with Crippen molar-refractivity contribution in [3.05, 3.63) is 65.2 Å². The zero-order valence-electron chi connectivity index (χ0n) is 12.6. The lowest BCUT2D eigenvalue weighted by atomic mass is 10.1. The largest absolute Gasteiger partial charge is 0.355 e. The van der Waals surface area contributed by atoms with Gasteiger partial charge >= 0.3 is 0 Å². The Kier molecular flexibility index (Phi) is 6.81. The Bertz CT molecular complexity index is 586. The molecule has 0 heterocycles. The van der Waals surface area contributed by atoms with E-state index in [1.807, 2.05) is 49.4 Å². The number of benzene rings is 2. The monoisotopic (exact) mass is 333 g/mol. The van der Waals surface area contributed by atoms with E-state index in [9.17, 15) is 4.79 Å². The Labute approximate surface area is 141 Å². The van der Waals surface area contributed by atoms with Crippen LogP contribution >= 0.6 is 23.4 Å². The van der Waals surface area contributed by atoms with Crippen LogP contribution in [0.3, 0.4) is 0 Å². The lowest BCUT2D eigenvalue weighted by Gasteiger charge is -2.14. The van der Waals surface area contributed by atoms with Gasteiger partial charge < -0.3 is 5.32 Å². The van der Waals surface area contributed by atoms with Gasteiger partial charge in [-0.2, -0.15) is 0 Å². The lowest BCUT2D eigenvalue weighted by Crippen LogP contribution is -2.33. The summed E-state index contributed by atoms with van der Waals surface area (Å²) in [6.45, 7) is 2.70. The van der Waals surface area contributed by atoms with Crippen molar-refractivity contribution >= 4 is 29.3 Å². The van der Waals surface area contributed by atoms with E-state index in [1.54, 1.807) is 11.8 Å². The third-order valence-corrected chi connectivity index (χ3v) is 4.94. The van der Waals surface area contributed by atoms with Crippen LogP contribution in [0.2, 0.25) is 5.02 Å². The van der Waals surface area contributed by atoms with E-state index in [1.165, 1.54) is 5.56 Å². The molecule has 0 bridgehead atoms. The molecule has 0 aromatic heterocycles. The highest BCUT2D eigenvalue weighted by atomic mass is 35.5. The van der Waals surface area contributed by atoms with Gasteiger partial charge in [0.2, 0.25) is 5.91 Å². The fourth-order valence-electron chi connectivity index (χ4n) is 2.09. The summed E-state index contributed by atoms with van der Waals surface area (Å²) in [7, 11) is 0. The second kappa shape index (κ2) is 8.86. The number of carbonyl (C=O) groups is 1. The Morgan fingerprint density at radius 3 is 2.45 bits per heavy atom. The van der Waals surface area contributed by atoms with E-state index < -0.39 is 0 Å². The fourth-order valence-corrected chi connectivity index (χ4v) is 3.19. The molecule has 0 fully saturated rings. The van der Waals surface area contributed by atoms with Crippen LogP contribution in [0.4, 0.5) is 0 Å². The molecule has 0 saturated heterocycles. The predicted molar refractivity (Wildman–Crippen MR) is 94.5 cm³/mol. The average molecular weight is 334 g/mol. The first-order chi connectivity index (χ1) is 10.7. The van der Waals surface area contributed by atoms with Gasteiger partial charge in [0.25, 0.3) is 0 Å². The third kappa shape index (κ3) is 5.39. The van der Waals surface area contributed by atoms with Gasteiger partial charge in [0.1, 0.15) is 0 Å². The molecule has 0 aliphatic heterocycles. The normalized spacial score (nSPS) is 11.9. The van der Waals surface area contributed by atoms with Crippen LogP contribution in [-0.2, 0) is 11.2 Å². The molecule has 0 saturated carbocycles. The molecule has 1 atom stereocenters. The van der Waals surface area contributed by atoms with Gasteiger partial charge in [-0.3, -0.25) is 4.79 Å². The van der Waals surface area contributed by atoms with Crippen molar-refractivity contribution in [2.24, 2.45) is 0 Å². The minimum atomic E-state index is -0.0723. The predicted octanol–water partition coefficient (Wildman–Crippen LogP) is 4.57. The molecule has 0 radical (unpaired) electrons. The van der Waals surface area contributed by atoms with E-state index in [-0.39, 0.29) is 11.2 Å². The fraction of sp³-hybridized carbons (Fsp3) is 0.278. The van der Waals surface area contributed by atoms with Crippen LogP contribution in [0.15, 0.2) is 59.5 Å². The second-order valence-corrected chi connectivity index (χ2v) is 6.71. The van der Waals surface area contributed by atoms with E-state index in [4.69, 9.17) is 11.6 Å². The van der Waals surface area contributed by atoms with Gasteiger partial charge in [0.15, 0.2) is 0 Å². The van der Waals surface area contributed by atoms with Crippen LogP contribution in [-0.4, -0.2) is 17.7 Å². The first-order valence-electron chi connectivity index (χ1n) is 7.43. The van der Waals surface area contributed by atoms with Gasteiger partial charge in [-0.1, -0.05) is 48.9 Å². The zero-order chi connectivity index (χ0) is 15.8. The van der Waals surface area contributed by atoms with Crippen LogP contribution in [0, 0.1) is 0 Å². The zero-order valence-corrected chi connectivity index (χ0v) is 14.2. The summed E-state index contributed by atoms with van der Waals surface area (Å²) in [5.74, 6) is 0.0957. The van der Waals surface area contributed by atoms with Gasteiger partial charge in [-0.05, 0) is 42.7 Å². The van der Waals surface area contributed by atoms with Crippen LogP contribution < -0.4 is 5.32 Å². The number of carbonyl (C=O) groups excluding carboxylic acids is 1. The lowest BCUT2D eigenvalue weighted by molar-refractivity contribution is -0.120. The van der Waals surface area contributed by atoms with Crippen LogP contribution in [0.1, 0.15) is 18.9 Å². The van der Waals surface area contributed by atoms with Crippen LogP contribution in [0.25, 0.3) is 0 Å². The molecule has 0 spiro atoms. The number of halogens is 1. The molecule has 0 aliphatic carbocycles. The number of rotatable bonds is 7. The molecule has 1 N–H and O–H groups in total. The summed E-state index contributed by atoms with van der Waals surface area (Å²) in [5, 5.41) is 3.67. The Balaban J connectivity index is 1.82. The summed E-state index contributed by atoms with van der Waals surface area (Å²) in [4.78, 5) is 13.3. The average Bonchev–Trinajstić information content (AvgIpc) is 2.55. The summed E-state index contributed by atoms with van der Waals surface area (Å²) in [6.07, 6.45) is 1.65. The highest BCUT2D eigenvalue weighted by Gasteiger charge is 2.17. The molecular weight excluding hydrogens is 314 g/mol. The smallest absolute Gasteiger partial charge is 0.233 e. The Morgan fingerprint density at radius 2 is 1.82 bits per heavy atom. The van der Waals surface area contributed by atoms with Crippen molar-refractivity contribution in [2.45, 2.75) is 29.9 Å². The van der Waals surface area contributed by atoms with Crippen molar-refractivity contribution in [3.8, 4) is 0 Å². The van der Waals surface area contributed by atoms with Crippen LogP contribution in [0.5, 0.6) is 0 Å². The summed E-state index contributed by atoms with van der Waals surface area (Å²) < 4.78 is 0. The minimum Gasteiger partial charge on any atom is -0.355 e. The summed E-state index contributed by atoms with van der Waals surface area (Å²) in [5.41, 5.74) is 1.24. The number of thioether (sulfide) groups is 1. The molecular formula is C18H20ClNOS. The van der Waals surface area contributed by atoms with Crippen molar-refractivity contribution < 1.29 is 4.79 Å². The highest BCUT2D eigenvalue weighted by molar-refractivity contribution is 8.00. The second-order valence-electron chi connectivity index (χ2n) is 5.00. The molecule has 2 nitrogen and oxygen atoms in total. The molecule has 2 rings (SSSR count). The van der Waals surface area contributed by atoms with Gasteiger partial charge in [0, 0.05) is 16.5 Å². The number of amides is 1. The minimum absolute atomic E-state index is 0.0723. The quantitative estimate of drug-likeness (QED) is 0.752. The molecule has 22 heavy (non-hydrogen) atoms. The maximum atomic E-state index is 12.3. The van der Waals surface area contributed by atoms with E-state index in [2.05, 4.69) is 17.4 Å². The Hall–Kier alpha value is -1.45. The molecule has 2 aromatic carbocycles. The first kappa shape index (κ1) is 16.9. The molecule has 2 aromatic rings. The molecule has 4 heteroatoms. The molecule has 1 amide bonds. The standard InChI is InChI=1S/C18H20ClNOS/c1-2-17(22-16-10-8-15(19)9-11-16)18(21)20-13-12-14-6-4-3-5-7-14/h3-11,17H,2,12-13H2,1H3,(H,20,21)/t17-/m1/s1. The number of hydrogen-bond donors (Lipinski definition) is 1. The van der Waals surface area contributed by atoms with Gasteiger partial charge in [-0.25, -0.2) is 0 Å². The third-order valence-electron chi connectivity index (χ3n) is 3.31. The van der Waals surface area contributed by atoms with E-state index >= 15 is 0 Å². The molecule has 116 valence electrons. The SMILES string of the molecule is CC[C@@H](Sc1ccc(Cl)cc1)C(=O)NCCc1ccccc1. The summed E-state index contributed by atoms with van der Waals surface area (Å²) >= 11 is 7.46. The molecule has 0 aliphatic rings. The highest BCUT2D eigenvalue weighted by Crippen LogP contribution is 2.26.